The number of nitrogens with zero attached hydrogens (tertiary/aromatic N) is 1. The molecule has 2 amide bonds. The molecule has 1 aliphatic heterocycles. The molecular weight excluding hydrogens is 330 g/mol. The van der Waals surface area contributed by atoms with Gasteiger partial charge in [-0.3, -0.25) is 14.6 Å². The summed E-state index contributed by atoms with van der Waals surface area (Å²) < 4.78 is 5.45. The number of rotatable bonds is 6. The predicted molar refractivity (Wildman–Crippen MR) is 98.1 cm³/mol. The van der Waals surface area contributed by atoms with Crippen molar-refractivity contribution in [1.82, 2.24) is 10.3 Å². The maximum atomic E-state index is 12.8. The van der Waals surface area contributed by atoms with E-state index >= 15 is 0 Å². The van der Waals surface area contributed by atoms with E-state index in [1.165, 1.54) is 0 Å². The lowest BCUT2D eigenvalue weighted by Gasteiger charge is -2.36. The minimum Gasteiger partial charge on any atom is -0.381 e. The van der Waals surface area contributed by atoms with Gasteiger partial charge in [-0.05, 0) is 48.1 Å². The van der Waals surface area contributed by atoms with Gasteiger partial charge in [0, 0.05) is 25.6 Å². The van der Waals surface area contributed by atoms with Crippen molar-refractivity contribution in [1.29, 1.82) is 0 Å². The molecule has 0 bridgehead atoms. The Labute approximate surface area is 152 Å². The molecule has 0 atom stereocenters. The lowest BCUT2D eigenvalue weighted by atomic mass is 9.74. The molecule has 136 valence electrons. The van der Waals surface area contributed by atoms with Crippen LogP contribution >= 0.6 is 0 Å². The van der Waals surface area contributed by atoms with Crippen LogP contribution in [0.25, 0.3) is 11.1 Å². The smallest absolute Gasteiger partial charge is 0.236 e. The van der Waals surface area contributed by atoms with Crippen LogP contribution in [0.3, 0.4) is 0 Å². The lowest BCUT2D eigenvalue weighted by Crippen LogP contribution is -2.48. The molecular formula is C20H23N3O3. The zero-order chi connectivity index (χ0) is 18.4. The Kier molecular flexibility index (Phi) is 5.63. The minimum absolute atomic E-state index is 0.131. The molecule has 1 saturated heterocycles. The topological polar surface area (TPSA) is 94.3 Å². The third-order valence-electron chi connectivity index (χ3n) is 4.84. The number of pyridine rings is 1. The van der Waals surface area contributed by atoms with Gasteiger partial charge < -0.3 is 15.8 Å². The van der Waals surface area contributed by atoms with Crippen LogP contribution < -0.4 is 11.1 Å². The largest absolute Gasteiger partial charge is 0.381 e. The second-order valence-electron chi connectivity index (χ2n) is 6.65. The Balaban J connectivity index is 1.83. The highest BCUT2D eigenvalue weighted by atomic mass is 16.5. The summed E-state index contributed by atoms with van der Waals surface area (Å²) in [6.07, 6.45) is 5.37. The normalized spacial score (nSPS) is 16.0. The van der Waals surface area contributed by atoms with E-state index in [1.54, 1.807) is 12.4 Å². The maximum absolute atomic E-state index is 12.8. The molecule has 6 heteroatoms. The van der Waals surface area contributed by atoms with Gasteiger partial charge in [-0.15, -0.1) is 0 Å². The molecule has 0 saturated carbocycles. The number of carbonyl (C=O) groups is 2. The van der Waals surface area contributed by atoms with Gasteiger partial charge in [-0.2, -0.15) is 0 Å². The van der Waals surface area contributed by atoms with Gasteiger partial charge in [0.05, 0.1) is 12.0 Å². The summed E-state index contributed by atoms with van der Waals surface area (Å²) in [5.74, 6) is -0.672. The van der Waals surface area contributed by atoms with E-state index in [4.69, 9.17) is 10.5 Å². The summed E-state index contributed by atoms with van der Waals surface area (Å²) in [4.78, 5) is 27.9. The van der Waals surface area contributed by atoms with E-state index < -0.39 is 11.3 Å². The van der Waals surface area contributed by atoms with Crippen LogP contribution in [0.2, 0.25) is 0 Å². The number of aromatic nitrogens is 1. The summed E-state index contributed by atoms with van der Waals surface area (Å²) in [5, 5.41) is 2.68. The number of benzene rings is 1. The fourth-order valence-electron chi connectivity index (χ4n) is 3.40. The summed E-state index contributed by atoms with van der Waals surface area (Å²) in [6, 6.07) is 12.1. The SMILES string of the molecule is NC(=O)CNC(=O)C1(Cc2cccc(-c3ccncc3)c2)CCOCC1. The molecule has 1 aliphatic rings. The van der Waals surface area contributed by atoms with Crippen LogP contribution in [0.5, 0.6) is 0 Å². The van der Waals surface area contributed by atoms with Crippen molar-refractivity contribution in [2.75, 3.05) is 19.8 Å². The van der Waals surface area contributed by atoms with E-state index in [9.17, 15) is 9.59 Å². The van der Waals surface area contributed by atoms with E-state index in [-0.39, 0.29) is 12.5 Å². The molecule has 1 aromatic heterocycles. The van der Waals surface area contributed by atoms with Crippen LogP contribution in [0, 0.1) is 5.41 Å². The fourth-order valence-corrected chi connectivity index (χ4v) is 3.40. The van der Waals surface area contributed by atoms with E-state index in [0.717, 1.165) is 16.7 Å². The van der Waals surface area contributed by atoms with E-state index in [2.05, 4.69) is 16.4 Å². The van der Waals surface area contributed by atoms with E-state index in [1.807, 2.05) is 30.3 Å². The molecule has 6 nitrogen and oxygen atoms in total. The number of hydrogen-bond acceptors (Lipinski definition) is 4. The van der Waals surface area contributed by atoms with Gasteiger partial charge in [0.2, 0.25) is 11.8 Å². The van der Waals surface area contributed by atoms with Crippen LogP contribution in [0.4, 0.5) is 0 Å². The second kappa shape index (κ2) is 8.10. The number of hydrogen-bond donors (Lipinski definition) is 2. The van der Waals surface area contributed by atoms with Crippen molar-refractivity contribution < 1.29 is 14.3 Å². The van der Waals surface area contributed by atoms with Gasteiger partial charge >= 0.3 is 0 Å². The Bertz CT molecular complexity index is 771. The molecule has 0 radical (unpaired) electrons. The van der Waals surface area contributed by atoms with Crippen molar-refractivity contribution in [2.24, 2.45) is 11.1 Å². The highest BCUT2D eigenvalue weighted by molar-refractivity contribution is 5.87. The minimum atomic E-state index is -0.579. The molecule has 2 heterocycles. The molecule has 0 unspecified atom stereocenters. The quantitative estimate of drug-likeness (QED) is 0.826. The molecule has 0 aliphatic carbocycles. The number of carbonyl (C=O) groups excluding carboxylic acids is 2. The van der Waals surface area contributed by atoms with Gasteiger partial charge in [0.1, 0.15) is 0 Å². The third kappa shape index (κ3) is 4.26. The monoisotopic (exact) mass is 353 g/mol. The van der Waals surface area contributed by atoms with Gasteiger partial charge in [0.25, 0.3) is 0 Å². The Hall–Kier alpha value is -2.73. The van der Waals surface area contributed by atoms with Crippen LogP contribution in [0.15, 0.2) is 48.8 Å². The van der Waals surface area contributed by atoms with Crippen molar-refractivity contribution >= 4 is 11.8 Å². The molecule has 0 spiro atoms. The van der Waals surface area contributed by atoms with Crippen LogP contribution in [-0.4, -0.2) is 36.6 Å². The fraction of sp³-hybridized carbons (Fsp3) is 0.350. The van der Waals surface area contributed by atoms with Crippen molar-refractivity contribution in [3.05, 3.63) is 54.4 Å². The first-order chi connectivity index (χ1) is 12.6. The molecule has 1 fully saturated rings. The van der Waals surface area contributed by atoms with Gasteiger partial charge in [-0.25, -0.2) is 0 Å². The first-order valence-electron chi connectivity index (χ1n) is 8.73. The number of ether oxygens (including phenoxy) is 1. The lowest BCUT2D eigenvalue weighted by molar-refractivity contribution is -0.137. The summed E-state index contributed by atoms with van der Waals surface area (Å²) in [7, 11) is 0. The van der Waals surface area contributed by atoms with Crippen LogP contribution in [-0.2, 0) is 20.7 Å². The number of nitrogens with one attached hydrogen (secondary N) is 1. The molecule has 26 heavy (non-hydrogen) atoms. The third-order valence-corrected chi connectivity index (χ3v) is 4.84. The second-order valence-corrected chi connectivity index (χ2v) is 6.65. The first-order valence-corrected chi connectivity index (χ1v) is 8.73. The van der Waals surface area contributed by atoms with Gasteiger partial charge in [-0.1, -0.05) is 24.3 Å². The van der Waals surface area contributed by atoms with Crippen LogP contribution in [0.1, 0.15) is 18.4 Å². The van der Waals surface area contributed by atoms with E-state index in [0.29, 0.717) is 32.5 Å². The Morgan fingerprint density at radius 2 is 1.85 bits per heavy atom. The molecule has 3 N–H and O–H groups in total. The number of nitrogens with two attached hydrogens (primary N) is 1. The zero-order valence-corrected chi connectivity index (χ0v) is 14.6. The average Bonchev–Trinajstić information content (AvgIpc) is 2.67. The average molecular weight is 353 g/mol. The van der Waals surface area contributed by atoms with Crippen molar-refractivity contribution in [3.63, 3.8) is 0 Å². The summed E-state index contributed by atoms with van der Waals surface area (Å²) in [6.45, 7) is 0.931. The number of primary amides is 1. The van der Waals surface area contributed by atoms with Crippen molar-refractivity contribution in [3.8, 4) is 11.1 Å². The van der Waals surface area contributed by atoms with Crippen molar-refractivity contribution in [2.45, 2.75) is 19.3 Å². The number of amides is 2. The molecule has 2 aromatic rings. The molecule has 1 aromatic carbocycles. The highest BCUT2D eigenvalue weighted by Crippen LogP contribution is 2.35. The highest BCUT2D eigenvalue weighted by Gasteiger charge is 2.40. The summed E-state index contributed by atoms with van der Waals surface area (Å²) >= 11 is 0. The van der Waals surface area contributed by atoms with Gasteiger partial charge in [0.15, 0.2) is 0 Å². The zero-order valence-electron chi connectivity index (χ0n) is 14.6. The standard InChI is InChI=1S/C20H23N3O3/c21-18(24)14-23-19(25)20(6-10-26-11-7-20)13-15-2-1-3-17(12-15)16-4-8-22-9-5-16/h1-5,8-9,12H,6-7,10-11,13-14H2,(H2,21,24)(H,23,25). The summed E-state index contributed by atoms with van der Waals surface area (Å²) in [5.41, 5.74) is 7.84. The first kappa shape index (κ1) is 18.1. The Morgan fingerprint density at radius 3 is 2.54 bits per heavy atom. The predicted octanol–water partition coefficient (Wildman–Crippen LogP) is 1.69. The Morgan fingerprint density at radius 1 is 1.12 bits per heavy atom. The maximum Gasteiger partial charge on any atom is 0.236 e. The molecule has 3 rings (SSSR count).